The molecule has 2 rings (SSSR count). The smallest absolute Gasteiger partial charge is 0.288 e. The van der Waals surface area contributed by atoms with Gasteiger partial charge in [-0.1, -0.05) is 0 Å². The van der Waals surface area contributed by atoms with E-state index in [0.29, 0.717) is 17.3 Å². The minimum Gasteiger partial charge on any atom is -0.481 e. The largest absolute Gasteiger partial charge is 0.481 e. The molecular formula is C13H12N4O4. The molecule has 108 valence electrons. The summed E-state index contributed by atoms with van der Waals surface area (Å²) in [5.74, 6) is -0.0724. The van der Waals surface area contributed by atoms with Gasteiger partial charge in [-0.15, -0.1) is 0 Å². The Morgan fingerprint density at radius 3 is 2.67 bits per heavy atom. The molecule has 0 spiro atoms. The molecule has 0 saturated heterocycles. The third-order valence-electron chi connectivity index (χ3n) is 2.73. The van der Waals surface area contributed by atoms with Crippen LogP contribution in [-0.4, -0.2) is 27.9 Å². The summed E-state index contributed by atoms with van der Waals surface area (Å²) in [6.45, 7) is 1.60. The molecule has 21 heavy (non-hydrogen) atoms. The van der Waals surface area contributed by atoms with Crippen LogP contribution >= 0.6 is 0 Å². The highest BCUT2D eigenvalue weighted by Crippen LogP contribution is 2.17. The first kappa shape index (κ1) is 14.4. The first-order valence-corrected chi connectivity index (χ1v) is 5.93. The summed E-state index contributed by atoms with van der Waals surface area (Å²) in [6.07, 6.45) is 2.54. The lowest BCUT2D eigenvalue weighted by molar-refractivity contribution is -0.385. The predicted octanol–water partition coefficient (Wildman–Crippen LogP) is 1.95. The van der Waals surface area contributed by atoms with Gasteiger partial charge in [0.05, 0.1) is 35.2 Å². The summed E-state index contributed by atoms with van der Waals surface area (Å²) in [5.41, 5.74) is 0.755. The number of pyridine rings is 2. The monoisotopic (exact) mass is 288 g/mol. The molecule has 2 aromatic heterocycles. The van der Waals surface area contributed by atoms with E-state index >= 15 is 0 Å². The Balaban J connectivity index is 2.23. The number of nitro groups is 1. The van der Waals surface area contributed by atoms with Crippen molar-refractivity contribution in [3.05, 3.63) is 52.0 Å². The average molecular weight is 288 g/mol. The molecule has 8 heteroatoms. The second kappa shape index (κ2) is 5.95. The van der Waals surface area contributed by atoms with Crippen molar-refractivity contribution in [1.82, 2.24) is 9.97 Å². The van der Waals surface area contributed by atoms with E-state index in [1.807, 2.05) is 0 Å². The van der Waals surface area contributed by atoms with Crippen LogP contribution in [0.25, 0.3) is 0 Å². The number of carbonyl (C=O) groups is 1. The van der Waals surface area contributed by atoms with Gasteiger partial charge < -0.3 is 10.1 Å². The lowest BCUT2D eigenvalue weighted by atomic mass is 10.2. The molecule has 0 aliphatic carbocycles. The molecular weight excluding hydrogens is 276 g/mol. The van der Waals surface area contributed by atoms with E-state index in [-0.39, 0.29) is 11.3 Å². The van der Waals surface area contributed by atoms with E-state index in [0.717, 1.165) is 6.20 Å². The molecule has 1 amide bonds. The summed E-state index contributed by atoms with van der Waals surface area (Å²) in [5, 5.41) is 13.3. The Kier molecular flexibility index (Phi) is 4.07. The van der Waals surface area contributed by atoms with Gasteiger partial charge in [0, 0.05) is 12.1 Å². The van der Waals surface area contributed by atoms with Gasteiger partial charge >= 0.3 is 0 Å². The van der Waals surface area contributed by atoms with E-state index in [1.165, 1.54) is 19.4 Å². The lowest BCUT2D eigenvalue weighted by Crippen LogP contribution is -2.14. The fourth-order valence-corrected chi connectivity index (χ4v) is 1.63. The Bertz CT molecular complexity index is 685. The standard InChI is InChI=1S/C13H12N4O4/c1-8-11(5-10(7-14-8)17(19)20)13(18)16-9-3-4-12(21-2)15-6-9/h3-7H,1-2H3,(H,16,18). The van der Waals surface area contributed by atoms with E-state index in [4.69, 9.17) is 4.74 Å². The average Bonchev–Trinajstić information content (AvgIpc) is 2.48. The summed E-state index contributed by atoms with van der Waals surface area (Å²) in [4.78, 5) is 30.1. The predicted molar refractivity (Wildman–Crippen MR) is 74.4 cm³/mol. The van der Waals surface area contributed by atoms with Crippen LogP contribution in [0.3, 0.4) is 0 Å². The number of aromatic nitrogens is 2. The summed E-state index contributed by atoms with van der Waals surface area (Å²) >= 11 is 0. The number of aryl methyl sites for hydroxylation is 1. The normalized spacial score (nSPS) is 10.0. The van der Waals surface area contributed by atoms with E-state index < -0.39 is 10.8 Å². The third kappa shape index (κ3) is 3.30. The second-order valence-electron chi connectivity index (χ2n) is 4.13. The first-order valence-electron chi connectivity index (χ1n) is 5.93. The Hall–Kier alpha value is -3.03. The van der Waals surface area contributed by atoms with Gasteiger partial charge in [0.25, 0.3) is 11.6 Å². The van der Waals surface area contributed by atoms with E-state index in [1.54, 1.807) is 19.1 Å². The van der Waals surface area contributed by atoms with Gasteiger partial charge in [-0.3, -0.25) is 19.9 Å². The molecule has 0 unspecified atom stereocenters. The second-order valence-corrected chi connectivity index (χ2v) is 4.13. The molecule has 0 fully saturated rings. The fourth-order valence-electron chi connectivity index (χ4n) is 1.63. The molecule has 0 aliphatic rings. The van der Waals surface area contributed by atoms with Crippen molar-refractivity contribution in [2.75, 3.05) is 12.4 Å². The highest BCUT2D eigenvalue weighted by Gasteiger charge is 2.16. The number of hydrogen-bond acceptors (Lipinski definition) is 6. The number of carbonyl (C=O) groups excluding carboxylic acids is 1. The molecule has 0 saturated carbocycles. The number of rotatable bonds is 4. The molecule has 0 aromatic carbocycles. The van der Waals surface area contributed by atoms with Crippen LogP contribution in [0.1, 0.15) is 16.1 Å². The number of methoxy groups -OCH3 is 1. The first-order chi connectivity index (χ1) is 10.0. The zero-order chi connectivity index (χ0) is 15.4. The van der Waals surface area contributed by atoms with Crippen LogP contribution in [0.4, 0.5) is 11.4 Å². The SMILES string of the molecule is COc1ccc(NC(=O)c2cc([N+](=O)[O-])cnc2C)cn1. The van der Waals surface area contributed by atoms with Crippen LogP contribution in [0.2, 0.25) is 0 Å². The van der Waals surface area contributed by atoms with Crippen LogP contribution in [0.15, 0.2) is 30.6 Å². The molecule has 2 aromatic rings. The highest BCUT2D eigenvalue weighted by atomic mass is 16.6. The summed E-state index contributed by atoms with van der Waals surface area (Å²) in [7, 11) is 1.48. The van der Waals surface area contributed by atoms with Gasteiger partial charge in [0.15, 0.2) is 0 Å². The number of amides is 1. The van der Waals surface area contributed by atoms with E-state index in [2.05, 4.69) is 15.3 Å². The van der Waals surface area contributed by atoms with Gasteiger partial charge in [-0.25, -0.2) is 4.98 Å². The van der Waals surface area contributed by atoms with Crippen molar-refractivity contribution in [2.24, 2.45) is 0 Å². The fraction of sp³-hybridized carbons (Fsp3) is 0.154. The maximum Gasteiger partial charge on any atom is 0.288 e. The van der Waals surface area contributed by atoms with Crippen LogP contribution in [-0.2, 0) is 0 Å². The number of nitrogens with zero attached hydrogens (tertiary/aromatic N) is 3. The zero-order valence-electron chi connectivity index (χ0n) is 11.4. The maximum absolute atomic E-state index is 12.1. The van der Waals surface area contributed by atoms with Gasteiger partial charge in [-0.05, 0) is 13.0 Å². The van der Waals surface area contributed by atoms with Gasteiger partial charge in [-0.2, -0.15) is 0 Å². The third-order valence-corrected chi connectivity index (χ3v) is 2.73. The number of anilines is 1. The molecule has 2 heterocycles. The Morgan fingerprint density at radius 1 is 1.33 bits per heavy atom. The quantitative estimate of drug-likeness (QED) is 0.680. The Labute approximate surface area is 120 Å². The summed E-state index contributed by atoms with van der Waals surface area (Å²) < 4.78 is 4.91. The zero-order valence-corrected chi connectivity index (χ0v) is 11.4. The van der Waals surface area contributed by atoms with Crippen LogP contribution in [0.5, 0.6) is 5.88 Å². The van der Waals surface area contributed by atoms with Gasteiger partial charge in [0.2, 0.25) is 5.88 Å². The van der Waals surface area contributed by atoms with Crippen molar-refractivity contribution >= 4 is 17.3 Å². The van der Waals surface area contributed by atoms with Crippen molar-refractivity contribution in [3.63, 3.8) is 0 Å². The molecule has 1 N–H and O–H groups in total. The van der Waals surface area contributed by atoms with Crippen LogP contribution in [0, 0.1) is 17.0 Å². The molecule has 0 atom stereocenters. The number of nitrogens with one attached hydrogen (secondary N) is 1. The number of ether oxygens (including phenoxy) is 1. The van der Waals surface area contributed by atoms with Gasteiger partial charge in [0.1, 0.15) is 6.20 Å². The Morgan fingerprint density at radius 2 is 2.10 bits per heavy atom. The van der Waals surface area contributed by atoms with Crippen molar-refractivity contribution in [2.45, 2.75) is 6.92 Å². The molecule has 0 aliphatic heterocycles. The van der Waals surface area contributed by atoms with Crippen molar-refractivity contribution < 1.29 is 14.5 Å². The van der Waals surface area contributed by atoms with Crippen LogP contribution < -0.4 is 10.1 Å². The summed E-state index contributed by atoms with van der Waals surface area (Å²) in [6, 6.07) is 4.40. The molecule has 0 radical (unpaired) electrons. The molecule has 8 nitrogen and oxygen atoms in total. The lowest BCUT2D eigenvalue weighted by Gasteiger charge is -2.07. The minimum atomic E-state index is -0.599. The maximum atomic E-state index is 12.1. The number of hydrogen-bond donors (Lipinski definition) is 1. The molecule has 0 bridgehead atoms. The van der Waals surface area contributed by atoms with Crippen molar-refractivity contribution in [3.8, 4) is 5.88 Å². The minimum absolute atomic E-state index is 0.139. The highest BCUT2D eigenvalue weighted by molar-refractivity contribution is 6.05. The van der Waals surface area contributed by atoms with E-state index in [9.17, 15) is 14.9 Å². The van der Waals surface area contributed by atoms with Crippen molar-refractivity contribution in [1.29, 1.82) is 0 Å². The topological polar surface area (TPSA) is 107 Å².